The predicted octanol–water partition coefficient (Wildman–Crippen LogP) is 5.71. The second kappa shape index (κ2) is 13.1. The lowest BCUT2D eigenvalue weighted by atomic mass is 9.86. The summed E-state index contributed by atoms with van der Waals surface area (Å²) in [4.78, 5) is 34.4. The summed E-state index contributed by atoms with van der Waals surface area (Å²) in [6.45, 7) is 0.175. The van der Waals surface area contributed by atoms with E-state index in [9.17, 15) is 36.2 Å². The maximum atomic E-state index is 13.5. The number of nitrogens with one attached hydrogen (secondary N) is 3. The summed E-state index contributed by atoms with van der Waals surface area (Å²) in [6.07, 6.45) is -6.82. The van der Waals surface area contributed by atoms with E-state index in [0.29, 0.717) is 34.5 Å². The molecule has 3 atom stereocenters. The molecule has 16 heteroatoms. The number of benzene rings is 1. The van der Waals surface area contributed by atoms with Crippen molar-refractivity contribution in [2.24, 2.45) is 17.8 Å². The highest BCUT2D eigenvalue weighted by molar-refractivity contribution is 5.73. The van der Waals surface area contributed by atoms with Crippen LogP contribution in [0.25, 0.3) is 11.2 Å². The van der Waals surface area contributed by atoms with Gasteiger partial charge in [-0.25, -0.2) is 19.6 Å². The summed E-state index contributed by atoms with van der Waals surface area (Å²) in [7, 11) is 0. The van der Waals surface area contributed by atoms with Crippen molar-refractivity contribution in [2.45, 2.75) is 75.2 Å². The first kappa shape index (κ1) is 33.4. The molecule has 0 radical (unpaired) electrons. The number of amides is 1. The normalized spacial score (nSPS) is 22.6. The van der Waals surface area contributed by atoms with Crippen LogP contribution in [0.4, 0.5) is 31.1 Å². The van der Waals surface area contributed by atoms with Crippen molar-refractivity contribution < 1.29 is 50.9 Å². The molecule has 6 rings (SSSR count). The summed E-state index contributed by atoms with van der Waals surface area (Å²) >= 11 is 0. The third kappa shape index (κ3) is 8.07. The summed E-state index contributed by atoms with van der Waals surface area (Å²) in [5.41, 5.74) is -0.492. The van der Waals surface area contributed by atoms with E-state index in [0.717, 1.165) is 31.2 Å². The van der Waals surface area contributed by atoms with E-state index >= 15 is 0 Å². The maximum absolute atomic E-state index is 13.5. The molecule has 0 bridgehead atoms. The number of fused-ring (bicyclic) bond motifs is 1. The van der Waals surface area contributed by atoms with Crippen LogP contribution in [0.15, 0.2) is 42.5 Å². The Kier molecular flexibility index (Phi) is 9.50. The lowest BCUT2D eigenvalue weighted by Gasteiger charge is -2.38. The molecule has 10 nitrogen and oxygen atoms in total. The molecule has 3 aromatic rings. The van der Waals surface area contributed by atoms with Crippen LogP contribution < -0.4 is 10.6 Å². The fourth-order valence-electron chi connectivity index (χ4n) is 5.83. The smallest absolute Gasteiger partial charge is 0.475 e. The molecule has 1 saturated heterocycles. The SMILES string of the molecule is O=C(NC(c1nc2nc(C3CC(O)(C(F)(F)F)CCN3)ccc2[nH]1)C(C1CC1)C1CC1)OCc1ccccc1.O=C(O)C(F)(F)F. The Morgan fingerprint density at radius 3 is 2.20 bits per heavy atom. The second-order valence-corrected chi connectivity index (χ2v) is 12.0. The van der Waals surface area contributed by atoms with Gasteiger partial charge in [-0.15, -0.1) is 0 Å². The summed E-state index contributed by atoms with van der Waals surface area (Å²) < 4.78 is 77.7. The molecular weight excluding hydrogens is 624 g/mol. The summed E-state index contributed by atoms with van der Waals surface area (Å²) in [5.74, 6) is -0.970. The number of carbonyl (C=O) groups is 2. The van der Waals surface area contributed by atoms with Crippen molar-refractivity contribution in [1.29, 1.82) is 0 Å². The van der Waals surface area contributed by atoms with Gasteiger partial charge in [0.15, 0.2) is 11.2 Å². The standard InChI is InChI=1S/C28H32F3N5O3.C2HF3O2/c29-28(30,31)27(38)12-13-32-21(14-27)19-10-11-20-24(33-19)36-25(34-20)23(22(17-6-7-17)18-8-9-18)35-26(37)39-15-16-4-2-1-3-5-16;3-2(4,5)1(6)7/h1-5,10-11,17-18,21-23,32,38H,6-9,12-15H2,(H,35,37)(H,33,34,36);(H,6,7). The molecule has 2 aromatic heterocycles. The molecule has 2 aliphatic carbocycles. The van der Waals surface area contributed by atoms with Gasteiger partial charge in [0.05, 0.1) is 23.3 Å². The van der Waals surface area contributed by atoms with Gasteiger partial charge in [-0.1, -0.05) is 30.3 Å². The fraction of sp³-hybridized carbons (Fsp3) is 0.533. The van der Waals surface area contributed by atoms with Crippen molar-refractivity contribution in [3.8, 4) is 0 Å². The molecule has 0 spiro atoms. The molecule has 3 unspecified atom stereocenters. The second-order valence-electron chi connectivity index (χ2n) is 12.0. The molecule has 5 N–H and O–H groups in total. The number of alkyl carbamates (subject to hydrolysis) is 1. The number of aromatic nitrogens is 3. The molecule has 3 heterocycles. The highest BCUT2D eigenvalue weighted by Crippen LogP contribution is 2.54. The monoisotopic (exact) mass is 657 g/mol. The number of hydrogen-bond donors (Lipinski definition) is 5. The van der Waals surface area contributed by atoms with E-state index in [1.165, 1.54) is 0 Å². The van der Waals surface area contributed by atoms with Crippen molar-refractivity contribution in [1.82, 2.24) is 25.6 Å². The number of aromatic amines is 1. The van der Waals surface area contributed by atoms with Gasteiger partial charge < -0.3 is 30.6 Å². The molecule has 3 aliphatic rings. The van der Waals surface area contributed by atoms with Crippen molar-refractivity contribution in [3.05, 3.63) is 59.5 Å². The minimum Gasteiger partial charge on any atom is -0.475 e. The van der Waals surface area contributed by atoms with Crippen LogP contribution in [0.3, 0.4) is 0 Å². The topological polar surface area (TPSA) is 149 Å². The van der Waals surface area contributed by atoms with E-state index in [1.54, 1.807) is 12.1 Å². The van der Waals surface area contributed by atoms with Crippen LogP contribution in [0.1, 0.15) is 67.7 Å². The number of pyridine rings is 1. The zero-order valence-electron chi connectivity index (χ0n) is 24.4. The number of piperidine rings is 1. The first-order valence-electron chi connectivity index (χ1n) is 14.8. The van der Waals surface area contributed by atoms with Crippen molar-refractivity contribution in [3.63, 3.8) is 0 Å². The number of imidazole rings is 1. The van der Waals surface area contributed by atoms with Crippen LogP contribution in [0.5, 0.6) is 0 Å². The number of carbonyl (C=O) groups excluding carboxylic acids is 1. The molecule has 1 amide bonds. The van der Waals surface area contributed by atoms with Crippen LogP contribution >= 0.6 is 0 Å². The minimum absolute atomic E-state index is 0.0216. The van der Waals surface area contributed by atoms with Gasteiger partial charge in [-0.05, 0) is 74.1 Å². The number of ether oxygens (including phenoxy) is 1. The third-order valence-corrected chi connectivity index (χ3v) is 8.48. The Morgan fingerprint density at radius 1 is 1.00 bits per heavy atom. The zero-order chi connectivity index (χ0) is 33.3. The Labute approximate surface area is 258 Å². The maximum Gasteiger partial charge on any atom is 0.490 e. The van der Waals surface area contributed by atoms with E-state index in [1.807, 2.05) is 30.3 Å². The number of rotatable bonds is 8. The Balaban J connectivity index is 0.000000537. The fourth-order valence-corrected chi connectivity index (χ4v) is 5.83. The Bertz CT molecular complexity index is 1510. The van der Waals surface area contributed by atoms with Gasteiger partial charge in [0.25, 0.3) is 0 Å². The molecule has 1 aliphatic heterocycles. The number of aliphatic carboxylic acids is 1. The highest BCUT2D eigenvalue weighted by atomic mass is 19.4. The van der Waals surface area contributed by atoms with Gasteiger partial charge in [-0.2, -0.15) is 26.3 Å². The van der Waals surface area contributed by atoms with Crippen LogP contribution in [-0.2, 0) is 16.1 Å². The van der Waals surface area contributed by atoms with E-state index in [-0.39, 0.29) is 19.1 Å². The van der Waals surface area contributed by atoms with Gasteiger partial charge in [0.1, 0.15) is 12.4 Å². The lowest BCUT2D eigenvalue weighted by molar-refractivity contribution is -0.271. The van der Waals surface area contributed by atoms with Crippen LogP contribution in [0, 0.1) is 17.8 Å². The largest absolute Gasteiger partial charge is 0.490 e. The molecule has 250 valence electrons. The molecular formula is C30H33F6N5O5. The van der Waals surface area contributed by atoms with Crippen molar-refractivity contribution >= 4 is 23.2 Å². The highest BCUT2D eigenvalue weighted by Gasteiger charge is 2.56. The number of aliphatic hydroxyl groups is 1. The van der Waals surface area contributed by atoms with Gasteiger partial charge in [0, 0.05) is 6.42 Å². The van der Waals surface area contributed by atoms with Crippen molar-refractivity contribution in [2.75, 3.05) is 6.54 Å². The Hall–Kier alpha value is -3.92. The molecule has 2 saturated carbocycles. The quantitative estimate of drug-likeness (QED) is 0.194. The molecule has 3 fully saturated rings. The average Bonchev–Trinajstić information content (AvgIpc) is 3.94. The summed E-state index contributed by atoms with van der Waals surface area (Å²) in [6, 6.07) is 11.7. The number of hydrogen-bond acceptors (Lipinski definition) is 7. The van der Waals surface area contributed by atoms with Gasteiger partial charge in [-0.3, -0.25) is 0 Å². The number of carboxylic acid groups (broad SMARTS) is 1. The summed E-state index contributed by atoms with van der Waals surface area (Å²) in [5, 5.41) is 23.5. The number of alkyl halides is 6. The van der Waals surface area contributed by atoms with Crippen LogP contribution in [0.2, 0.25) is 0 Å². The van der Waals surface area contributed by atoms with Crippen LogP contribution in [-0.4, -0.2) is 61.7 Å². The average molecular weight is 658 g/mol. The molecule has 46 heavy (non-hydrogen) atoms. The minimum atomic E-state index is -5.08. The van der Waals surface area contributed by atoms with Gasteiger partial charge in [0.2, 0.25) is 0 Å². The third-order valence-electron chi connectivity index (χ3n) is 8.48. The Morgan fingerprint density at radius 2 is 1.63 bits per heavy atom. The number of carboxylic acids is 1. The van der Waals surface area contributed by atoms with Gasteiger partial charge >= 0.3 is 24.4 Å². The number of halogens is 6. The molecule has 1 aromatic carbocycles. The number of nitrogens with zero attached hydrogens (tertiary/aromatic N) is 2. The van der Waals surface area contributed by atoms with E-state index in [2.05, 4.69) is 20.6 Å². The van der Waals surface area contributed by atoms with E-state index < -0.39 is 54.9 Å². The predicted molar refractivity (Wildman–Crippen MR) is 150 cm³/mol. The number of H-pyrrole nitrogens is 1. The lowest BCUT2D eigenvalue weighted by Crippen LogP contribution is -2.53. The van der Waals surface area contributed by atoms with E-state index in [4.69, 9.17) is 19.6 Å². The first-order chi connectivity index (χ1) is 21.6. The zero-order valence-corrected chi connectivity index (χ0v) is 24.4. The first-order valence-corrected chi connectivity index (χ1v) is 14.8.